The molecule has 0 aliphatic carbocycles. The maximum absolute atomic E-state index is 12.8. The van der Waals surface area contributed by atoms with Crippen molar-refractivity contribution in [3.05, 3.63) is 59.7 Å². The number of nitrogens with zero attached hydrogens (tertiary/aromatic N) is 1. The van der Waals surface area contributed by atoms with Gasteiger partial charge in [0.15, 0.2) is 0 Å². The van der Waals surface area contributed by atoms with Gasteiger partial charge in [0.25, 0.3) is 11.8 Å². The van der Waals surface area contributed by atoms with Crippen LogP contribution in [0.2, 0.25) is 0 Å². The molecule has 2 aromatic rings. The molecular formula is C22H24N2O4. The van der Waals surface area contributed by atoms with E-state index in [0.717, 1.165) is 5.75 Å². The molecule has 1 spiro atoms. The molecular weight excluding hydrogens is 356 g/mol. The van der Waals surface area contributed by atoms with E-state index in [-0.39, 0.29) is 11.8 Å². The standard InChI is InChI=1S/C22H24N2O4/c1-2-27-17-9-7-16(8-10-17)21(26)24-13-11-22(12-14-24)15-23-20(25)18-5-3-4-6-19(18)28-22/h3-10H,2,11-15H2,1H3,(H,23,25). The summed E-state index contributed by atoms with van der Waals surface area (Å²) < 4.78 is 11.7. The summed E-state index contributed by atoms with van der Waals surface area (Å²) in [6.45, 7) is 4.15. The van der Waals surface area contributed by atoms with Crippen molar-refractivity contribution in [1.29, 1.82) is 0 Å². The molecule has 2 aliphatic heterocycles. The molecule has 6 nitrogen and oxygen atoms in total. The first-order valence-corrected chi connectivity index (χ1v) is 9.69. The van der Waals surface area contributed by atoms with Gasteiger partial charge in [-0.1, -0.05) is 12.1 Å². The van der Waals surface area contributed by atoms with Crippen LogP contribution in [-0.4, -0.2) is 48.6 Å². The fraction of sp³-hybridized carbons (Fsp3) is 0.364. The van der Waals surface area contributed by atoms with Gasteiger partial charge >= 0.3 is 0 Å². The van der Waals surface area contributed by atoms with Crippen molar-refractivity contribution in [2.75, 3.05) is 26.2 Å². The van der Waals surface area contributed by atoms with Crippen LogP contribution in [0.3, 0.4) is 0 Å². The Morgan fingerprint density at radius 1 is 1.14 bits per heavy atom. The van der Waals surface area contributed by atoms with Crippen LogP contribution >= 0.6 is 0 Å². The summed E-state index contributed by atoms with van der Waals surface area (Å²) >= 11 is 0. The maximum Gasteiger partial charge on any atom is 0.255 e. The number of piperidine rings is 1. The molecule has 1 fully saturated rings. The Labute approximate surface area is 164 Å². The predicted molar refractivity (Wildman–Crippen MR) is 105 cm³/mol. The number of amides is 2. The first-order valence-electron chi connectivity index (χ1n) is 9.69. The van der Waals surface area contributed by atoms with Crippen molar-refractivity contribution in [3.63, 3.8) is 0 Å². The zero-order chi connectivity index (χ0) is 19.6. The van der Waals surface area contributed by atoms with E-state index >= 15 is 0 Å². The highest BCUT2D eigenvalue weighted by atomic mass is 16.5. The van der Waals surface area contributed by atoms with Crippen molar-refractivity contribution in [2.45, 2.75) is 25.4 Å². The summed E-state index contributed by atoms with van der Waals surface area (Å²) in [5.74, 6) is 1.28. The van der Waals surface area contributed by atoms with Gasteiger partial charge in [0.2, 0.25) is 0 Å². The van der Waals surface area contributed by atoms with Crippen LogP contribution in [0.4, 0.5) is 0 Å². The first kappa shape index (κ1) is 18.3. The van der Waals surface area contributed by atoms with Gasteiger partial charge in [0, 0.05) is 31.5 Å². The number of carbonyl (C=O) groups is 2. The van der Waals surface area contributed by atoms with Gasteiger partial charge in [-0.3, -0.25) is 9.59 Å². The lowest BCUT2D eigenvalue weighted by atomic mass is 9.90. The molecule has 6 heteroatoms. The van der Waals surface area contributed by atoms with Crippen LogP contribution < -0.4 is 14.8 Å². The number of nitrogens with one attached hydrogen (secondary N) is 1. The molecule has 2 aliphatic rings. The van der Waals surface area contributed by atoms with E-state index in [1.54, 1.807) is 18.2 Å². The third kappa shape index (κ3) is 3.54. The third-order valence-electron chi connectivity index (χ3n) is 5.40. The van der Waals surface area contributed by atoms with Gasteiger partial charge < -0.3 is 19.7 Å². The Hall–Kier alpha value is -3.02. The molecule has 0 saturated carbocycles. The Morgan fingerprint density at radius 3 is 2.57 bits per heavy atom. The Kier molecular flexibility index (Phi) is 4.94. The van der Waals surface area contributed by atoms with E-state index in [1.807, 2.05) is 42.2 Å². The summed E-state index contributed by atoms with van der Waals surface area (Å²) in [5.41, 5.74) is 0.741. The lowest BCUT2D eigenvalue weighted by Crippen LogP contribution is -2.54. The molecule has 1 N–H and O–H groups in total. The monoisotopic (exact) mass is 380 g/mol. The van der Waals surface area contributed by atoms with E-state index < -0.39 is 5.60 Å². The molecule has 28 heavy (non-hydrogen) atoms. The molecule has 2 aromatic carbocycles. The average Bonchev–Trinajstić information content (AvgIpc) is 2.86. The van der Waals surface area contributed by atoms with Gasteiger partial charge in [-0.15, -0.1) is 0 Å². The van der Waals surface area contributed by atoms with Gasteiger partial charge in [-0.25, -0.2) is 0 Å². The second-order valence-electron chi connectivity index (χ2n) is 7.21. The van der Waals surface area contributed by atoms with E-state index in [2.05, 4.69) is 5.32 Å². The van der Waals surface area contributed by atoms with Crippen molar-refractivity contribution in [1.82, 2.24) is 10.2 Å². The van der Waals surface area contributed by atoms with Crippen LogP contribution in [0.25, 0.3) is 0 Å². The molecule has 0 bridgehead atoms. The molecule has 146 valence electrons. The highest BCUT2D eigenvalue weighted by molar-refractivity contribution is 5.97. The van der Waals surface area contributed by atoms with Crippen molar-refractivity contribution >= 4 is 11.8 Å². The molecule has 0 radical (unpaired) electrons. The SMILES string of the molecule is CCOc1ccc(C(=O)N2CCC3(CC2)CNC(=O)c2ccccc2O3)cc1. The number of para-hydroxylation sites is 1. The van der Waals surface area contributed by atoms with E-state index in [9.17, 15) is 9.59 Å². The van der Waals surface area contributed by atoms with Gasteiger partial charge in [0.1, 0.15) is 17.1 Å². The molecule has 2 heterocycles. The van der Waals surface area contributed by atoms with Crippen molar-refractivity contribution in [3.8, 4) is 11.5 Å². The zero-order valence-corrected chi connectivity index (χ0v) is 15.9. The number of hydrogen-bond donors (Lipinski definition) is 1. The summed E-state index contributed by atoms with van der Waals surface area (Å²) in [7, 11) is 0. The van der Waals surface area contributed by atoms with Gasteiger partial charge in [-0.2, -0.15) is 0 Å². The number of likely N-dealkylation sites (tertiary alicyclic amines) is 1. The lowest BCUT2D eigenvalue weighted by molar-refractivity contribution is 0.00771. The number of fused-ring (bicyclic) bond motifs is 1. The van der Waals surface area contributed by atoms with Crippen LogP contribution in [0, 0.1) is 0 Å². The second kappa shape index (κ2) is 7.54. The van der Waals surface area contributed by atoms with Gasteiger partial charge in [0.05, 0.1) is 18.7 Å². The largest absolute Gasteiger partial charge is 0.494 e. The summed E-state index contributed by atoms with van der Waals surface area (Å²) in [6, 6.07) is 14.6. The average molecular weight is 380 g/mol. The Bertz CT molecular complexity index is 870. The highest BCUT2D eigenvalue weighted by Gasteiger charge is 2.41. The minimum absolute atomic E-state index is 0.0101. The quantitative estimate of drug-likeness (QED) is 0.889. The lowest BCUT2D eigenvalue weighted by Gasteiger charge is -2.41. The molecule has 2 amide bonds. The fourth-order valence-corrected chi connectivity index (χ4v) is 3.79. The van der Waals surface area contributed by atoms with E-state index in [1.165, 1.54) is 0 Å². The minimum atomic E-state index is -0.474. The van der Waals surface area contributed by atoms with Gasteiger partial charge in [-0.05, 0) is 43.3 Å². The number of carbonyl (C=O) groups excluding carboxylic acids is 2. The molecule has 0 aromatic heterocycles. The normalized spacial score (nSPS) is 17.9. The number of benzene rings is 2. The summed E-state index contributed by atoms with van der Waals surface area (Å²) in [6.07, 6.45) is 1.34. The molecule has 0 unspecified atom stereocenters. The molecule has 0 atom stereocenters. The zero-order valence-electron chi connectivity index (χ0n) is 15.9. The minimum Gasteiger partial charge on any atom is -0.494 e. The molecule has 4 rings (SSSR count). The second-order valence-corrected chi connectivity index (χ2v) is 7.21. The third-order valence-corrected chi connectivity index (χ3v) is 5.40. The Balaban J connectivity index is 1.44. The van der Waals surface area contributed by atoms with Crippen LogP contribution in [0.1, 0.15) is 40.5 Å². The Morgan fingerprint density at radius 2 is 1.86 bits per heavy atom. The van der Waals surface area contributed by atoms with Crippen LogP contribution in [0.5, 0.6) is 11.5 Å². The number of hydrogen-bond acceptors (Lipinski definition) is 4. The smallest absolute Gasteiger partial charge is 0.255 e. The maximum atomic E-state index is 12.8. The van der Waals surface area contributed by atoms with Crippen LogP contribution in [-0.2, 0) is 0 Å². The first-order chi connectivity index (χ1) is 13.6. The summed E-state index contributed by atoms with van der Waals surface area (Å²) in [5, 5.41) is 2.97. The van der Waals surface area contributed by atoms with Crippen molar-refractivity contribution < 1.29 is 19.1 Å². The highest BCUT2D eigenvalue weighted by Crippen LogP contribution is 2.33. The number of rotatable bonds is 3. The van der Waals surface area contributed by atoms with E-state index in [4.69, 9.17) is 9.47 Å². The van der Waals surface area contributed by atoms with Crippen molar-refractivity contribution in [2.24, 2.45) is 0 Å². The summed E-state index contributed by atoms with van der Waals surface area (Å²) in [4.78, 5) is 27.0. The topological polar surface area (TPSA) is 67.9 Å². The fourth-order valence-electron chi connectivity index (χ4n) is 3.79. The molecule has 1 saturated heterocycles. The van der Waals surface area contributed by atoms with E-state index in [0.29, 0.717) is 56.0 Å². The predicted octanol–water partition coefficient (Wildman–Crippen LogP) is 2.88. The number of ether oxygens (including phenoxy) is 2. The van der Waals surface area contributed by atoms with Crippen LogP contribution in [0.15, 0.2) is 48.5 Å².